The standard InChI is InChI=1S/C18H23FN4O2/c1-21(2)11-15-8-10-23-16(7-9-20-23)12-22(15)18(24)13-25-17-5-3-14(19)4-6-17/h3-7,9,15H,8,10-13H2,1-2H3/t15-/m0/s1. The minimum Gasteiger partial charge on any atom is -0.484 e. The number of benzene rings is 1. The molecule has 1 aromatic carbocycles. The maximum Gasteiger partial charge on any atom is 0.261 e. The molecule has 3 rings (SSSR count). The molecule has 0 saturated heterocycles. The fourth-order valence-corrected chi connectivity index (χ4v) is 3.09. The fraction of sp³-hybridized carbons (Fsp3) is 0.444. The summed E-state index contributed by atoms with van der Waals surface area (Å²) in [4.78, 5) is 16.7. The first-order valence-corrected chi connectivity index (χ1v) is 8.36. The Kier molecular flexibility index (Phi) is 5.33. The number of hydrogen-bond acceptors (Lipinski definition) is 4. The zero-order chi connectivity index (χ0) is 17.8. The van der Waals surface area contributed by atoms with E-state index in [9.17, 15) is 9.18 Å². The lowest BCUT2D eigenvalue weighted by Crippen LogP contribution is -2.46. The van der Waals surface area contributed by atoms with Gasteiger partial charge in [0.1, 0.15) is 11.6 Å². The van der Waals surface area contributed by atoms with Crippen molar-refractivity contribution in [2.24, 2.45) is 0 Å². The molecule has 1 aliphatic rings. The number of hydrogen-bond donors (Lipinski definition) is 0. The van der Waals surface area contributed by atoms with E-state index in [1.165, 1.54) is 24.3 Å². The lowest BCUT2D eigenvalue weighted by molar-refractivity contribution is -0.136. The Morgan fingerprint density at radius 1 is 1.32 bits per heavy atom. The molecule has 25 heavy (non-hydrogen) atoms. The molecule has 1 atom stereocenters. The monoisotopic (exact) mass is 346 g/mol. The van der Waals surface area contributed by atoms with Crippen LogP contribution in [0.25, 0.3) is 0 Å². The second-order valence-electron chi connectivity index (χ2n) is 6.51. The second kappa shape index (κ2) is 7.65. The van der Waals surface area contributed by atoms with Crippen molar-refractivity contribution in [3.8, 4) is 5.75 Å². The minimum atomic E-state index is -0.328. The summed E-state index contributed by atoms with van der Waals surface area (Å²) in [6, 6.07) is 7.73. The Morgan fingerprint density at radius 2 is 2.08 bits per heavy atom. The number of likely N-dealkylation sites (N-methyl/N-ethyl adjacent to an activating group) is 1. The third kappa shape index (κ3) is 4.36. The van der Waals surface area contributed by atoms with Crippen LogP contribution in [-0.4, -0.2) is 58.8 Å². The predicted octanol–water partition coefficient (Wildman–Crippen LogP) is 1.76. The molecule has 0 N–H and O–H groups in total. The normalized spacial score (nSPS) is 17.3. The maximum atomic E-state index is 13.0. The minimum absolute atomic E-state index is 0.0658. The summed E-state index contributed by atoms with van der Waals surface area (Å²) in [5.74, 6) is 0.0788. The lowest BCUT2D eigenvalue weighted by Gasteiger charge is -2.31. The summed E-state index contributed by atoms with van der Waals surface area (Å²) in [7, 11) is 4.00. The van der Waals surface area contributed by atoms with Crippen molar-refractivity contribution in [2.45, 2.75) is 25.6 Å². The second-order valence-corrected chi connectivity index (χ2v) is 6.51. The van der Waals surface area contributed by atoms with Crippen LogP contribution < -0.4 is 4.74 Å². The Morgan fingerprint density at radius 3 is 2.80 bits per heavy atom. The van der Waals surface area contributed by atoms with Crippen molar-refractivity contribution in [1.82, 2.24) is 19.6 Å². The van der Waals surface area contributed by atoms with Gasteiger partial charge >= 0.3 is 0 Å². The smallest absolute Gasteiger partial charge is 0.261 e. The number of fused-ring (bicyclic) bond motifs is 1. The first-order chi connectivity index (χ1) is 12.0. The number of nitrogens with zero attached hydrogens (tertiary/aromatic N) is 4. The van der Waals surface area contributed by atoms with Crippen LogP contribution in [0.5, 0.6) is 5.75 Å². The van der Waals surface area contributed by atoms with Crippen LogP contribution in [-0.2, 0) is 17.9 Å². The van der Waals surface area contributed by atoms with Crippen molar-refractivity contribution in [1.29, 1.82) is 0 Å². The molecule has 7 heteroatoms. The van der Waals surface area contributed by atoms with Crippen LogP contribution in [0.2, 0.25) is 0 Å². The number of carbonyl (C=O) groups excluding carboxylic acids is 1. The Bertz CT molecular complexity index is 714. The number of aromatic nitrogens is 2. The van der Waals surface area contributed by atoms with Gasteiger partial charge in [0.05, 0.1) is 12.2 Å². The Labute approximate surface area is 146 Å². The summed E-state index contributed by atoms with van der Waals surface area (Å²) < 4.78 is 20.5. The molecule has 6 nitrogen and oxygen atoms in total. The molecule has 1 aromatic heterocycles. The number of aryl methyl sites for hydroxylation is 1. The van der Waals surface area contributed by atoms with Gasteiger partial charge in [-0.2, -0.15) is 5.10 Å². The summed E-state index contributed by atoms with van der Waals surface area (Å²) in [6.45, 7) is 2.03. The van der Waals surface area contributed by atoms with E-state index in [1.54, 1.807) is 6.20 Å². The highest BCUT2D eigenvalue weighted by Crippen LogP contribution is 2.19. The van der Waals surface area contributed by atoms with E-state index in [1.807, 2.05) is 29.7 Å². The quantitative estimate of drug-likeness (QED) is 0.828. The van der Waals surface area contributed by atoms with Gasteiger partial charge in [0, 0.05) is 25.3 Å². The van der Waals surface area contributed by atoms with Crippen LogP contribution in [0.3, 0.4) is 0 Å². The van der Waals surface area contributed by atoms with E-state index in [2.05, 4.69) is 10.00 Å². The van der Waals surface area contributed by atoms with Gasteiger partial charge in [-0.05, 0) is 50.8 Å². The first-order valence-electron chi connectivity index (χ1n) is 8.36. The zero-order valence-corrected chi connectivity index (χ0v) is 14.6. The highest BCUT2D eigenvalue weighted by atomic mass is 19.1. The van der Waals surface area contributed by atoms with Gasteiger partial charge < -0.3 is 14.5 Å². The van der Waals surface area contributed by atoms with E-state index in [-0.39, 0.29) is 24.4 Å². The summed E-state index contributed by atoms with van der Waals surface area (Å²) in [5, 5.41) is 4.32. The SMILES string of the molecule is CN(C)C[C@@H]1CCn2nccc2CN1C(=O)COc1ccc(F)cc1. The molecule has 0 saturated carbocycles. The number of carbonyl (C=O) groups is 1. The number of ether oxygens (including phenoxy) is 1. The molecule has 0 unspecified atom stereocenters. The lowest BCUT2D eigenvalue weighted by atomic mass is 10.1. The van der Waals surface area contributed by atoms with E-state index in [4.69, 9.17) is 4.74 Å². The van der Waals surface area contributed by atoms with Crippen LogP contribution in [0, 0.1) is 5.82 Å². The van der Waals surface area contributed by atoms with E-state index >= 15 is 0 Å². The van der Waals surface area contributed by atoms with Crippen molar-refractivity contribution in [3.05, 3.63) is 48.0 Å². The molecule has 1 amide bonds. The molecule has 0 aliphatic carbocycles. The van der Waals surface area contributed by atoms with Crippen molar-refractivity contribution in [2.75, 3.05) is 27.2 Å². The summed E-state index contributed by atoms with van der Waals surface area (Å²) in [6.07, 6.45) is 2.61. The number of halogens is 1. The first kappa shape index (κ1) is 17.4. The van der Waals surface area contributed by atoms with Gasteiger partial charge in [-0.15, -0.1) is 0 Å². The molecular formula is C18H23FN4O2. The Hall–Kier alpha value is -2.41. The highest BCUT2D eigenvalue weighted by Gasteiger charge is 2.28. The highest BCUT2D eigenvalue weighted by molar-refractivity contribution is 5.78. The molecule has 2 aromatic rings. The van der Waals surface area contributed by atoms with Crippen molar-refractivity contribution < 1.29 is 13.9 Å². The maximum absolute atomic E-state index is 13.0. The van der Waals surface area contributed by atoms with Crippen LogP contribution >= 0.6 is 0 Å². The molecule has 0 radical (unpaired) electrons. The zero-order valence-electron chi connectivity index (χ0n) is 14.6. The average molecular weight is 346 g/mol. The molecule has 134 valence electrons. The molecule has 2 heterocycles. The number of rotatable bonds is 5. The van der Waals surface area contributed by atoms with Gasteiger partial charge in [-0.1, -0.05) is 0 Å². The molecule has 0 fully saturated rings. The van der Waals surface area contributed by atoms with Crippen molar-refractivity contribution >= 4 is 5.91 Å². The van der Waals surface area contributed by atoms with Gasteiger partial charge in [-0.25, -0.2) is 4.39 Å². The summed E-state index contributed by atoms with van der Waals surface area (Å²) >= 11 is 0. The summed E-state index contributed by atoms with van der Waals surface area (Å²) in [5.41, 5.74) is 1.02. The topological polar surface area (TPSA) is 50.6 Å². The third-order valence-corrected chi connectivity index (χ3v) is 4.32. The van der Waals surface area contributed by atoms with Gasteiger partial charge in [0.25, 0.3) is 5.91 Å². The van der Waals surface area contributed by atoms with E-state index in [0.29, 0.717) is 12.3 Å². The molecular weight excluding hydrogens is 323 g/mol. The molecule has 0 bridgehead atoms. The van der Waals surface area contributed by atoms with E-state index in [0.717, 1.165) is 25.2 Å². The van der Waals surface area contributed by atoms with E-state index < -0.39 is 0 Å². The third-order valence-electron chi connectivity index (χ3n) is 4.32. The molecule has 1 aliphatic heterocycles. The van der Waals surface area contributed by atoms with Crippen LogP contribution in [0.1, 0.15) is 12.1 Å². The van der Waals surface area contributed by atoms with Crippen molar-refractivity contribution in [3.63, 3.8) is 0 Å². The predicted molar refractivity (Wildman–Crippen MR) is 91.6 cm³/mol. The Balaban J connectivity index is 1.70. The average Bonchev–Trinajstić information content (AvgIpc) is 2.96. The molecule has 0 spiro atoms. The van der Waals surface area contributed by atoms with Gasteiger partial charge in [0.2, 0.25) is 0 Å². The van der Waals surface area contributed by atoms with Crippen LogP contribution in [0.4, 0.5) is 4.39 Å². The van der Waals surface area contributed by atoms with Gasteiger partial charge in [-0.3, -0.25) is 9.48 Å². The number of amides is 1. The van der Waals surface area contributed by atoms with Crippen LogP contribution in [0.15, 0.2) is 36.5 Å². The van der Waals surface area contributed by atoms with Gasteiger partial charge in [0.15, 0.2) is 6.61 Å². The largest absolute Gasteiger partial charge is 0.484 e. The fourth-order valence-electron chi connectivity index (χ4n) is 3.09.